The molecule has 0 unspecified atom stereocenters. The minimum atomic E-state index is -0.814. The summed E-state index contributed by atoms with van der Waals surface area (Å²) in [5.74, 6) is -0.169. The second-order valence-corrected chi connectivity index (χ2v) is 4.10. The van der Waals surface area contributed by atoms with Crippen LogP contribution in [0.25, 0.3) is 0 Å². The number of rotatable bonds is 2. The molecule has 0 spiro atoms. The van der Waals surface area contributed by atoms with Gasteiger partial charge in [-0.25, -0.2) is 9.78 Å². The van der Waals surface area contributed by atoms with Gasteiger partial charge in [-0.15, -0.1) is 0 Å². The van der Waals surface area contributed by atoms with Crippen molar-refractivity contribution in [3.63, 3.8) is 0 Å². The van der Waals surface area contributed by atoms with Crippen molar-refractivity contribution in [3.05, 3.63) is 23.4 Å². The number of carbonyl (C=O) groups is 1. The lowest BCUT2D eigenvalue weighted by atomic mass is 10.2. The van der Waals surface area contributed by atoms with Gasteiger partial charge in [-0.3, -0.25) is 0 Å². The van der Waals surface area contributed by atoms with E-state index in [1.165, 1.54) is 0 Å². The molecule has 0 radical (unpaired) electrons. The van der Waals surface area contributed by atoms with Gasteiger partial charge in [0, 0.05) is 6.54 Å². The van der Waals surface area contributed by atoms with Crippen LogP contribution in [0.4, 0.5) is 5.82 Å². The number of carboxylic acids is 1. The maximum atomic E-state index is 11.1. The summed E-state index contributed by atoms with van der Waals surface area (Å²) in [6.45, 7) is 2.46. The maximum Gasteiger partial charge on any atom is 0.326 e. The van der Waals surface area contributed by atoms with Crippen molar-refractivity contribution in [1.29, 1.82) is 5.26 Å². The number of aromatic nitrogens is 1. The number of anilines is 1. The fourth-order valence-corrected chi connectivity index (χ4v) is 2.12. The highest BCUT2D eigenvalue weighted by Crippen LogP contribution is 2.24. The van der Waals surface area contributed by atoms with Crippen molar-refractivity contribution < 1.29 is 9.90 Å². The Balaban J connectivity index is 2.31. The molecular formula is C12H13N3O2. The van der Waals surface area contributed by atoms with Crippen molar-refractivity contribution in [2.45, 2.75) is 25.8 Å². The van der Waals surface area contributed by atoms with E-state index < -0.39 is 12.0 Å². The number of hydrogen-bond donors (Lipinski definition) is 1. The Kier molecular flexibility index (Phi) is 2.96. The molecule has 0 aliphatic carbocycles. The first kappa shape index (κ1) is 11.4. The third-order valence-electron chi connectivity index (χ3n) is 3.02. The summed E-state index contributed by atoms with van der Waals surface area (Å²) in [7, 11) is 0. The molecule has 1 atom stereocenters. The Hall–Kier alpha value is -2.09. The minimum absolute atomic E-state index is 0.491. The Bertz CT molecular complexity index is 493. The van der Waals surface area contributed by atoms with Crippen LogP contribution in [0.3, 0.4) is 0 Å². The molecule has 5 heteroatoms. The SMILES string of the molecule is Cc1nc(N2CCC[C@H]2C(=O)O)ccc1C#N. The molecule has 88 valence electrons. The van der Waals surface area contributed by atoms with E-state index in [4.69, 9.17) is 10.4 Å². The highest BCUT2D eigenvalue weighted by Gasteiger charge is 2.31. The van der Waals surface area contributed by atoms with Gasteiger partial charge in [0.25, 0.3) is 0 Å². The fourth-order valence-electron chi connectivity index (χ4n) is 2.12. The van der Waals surface area contributed by atoms with Crippen LogP contribution < -0.4 is 4.90 Å². The highest BCUT2D eigenvalue weighted by molar-refractivity contribution is 5.78. The first-order valence-corrected chi connectivity index (χ1v) is 5.50. The predicted molar refractivity (Wildman–Crippen MR) is 61.7 cm³/mol. The van der Waals surface area contributed by atoms with Crippen molar-refractivity contribution >= 4 is 11.8 Å². The number of nitriles is 1. The Morgan fingerprint density at radius 2 is 2.41 bits per heavy atom. The molecule has 2 rings (SSSR count). The van der Waals surface area contributed by atoms with E-state index >= 15 is 0 Å². The summed E-state index contributed by atoms with van der Waals surface area (Å²) in [6, 6.07) is 4.96. The van der Waals surface area contributed by atoms with Crippen molar-refractivity contribution in [2.75, 3.05) is 11.4 Å². The van der Waals surface area contributed by atoms with Crippen molar-refractivity contribution in [3.8, 4) is 6.07 Å². The summed E-state index contributed by atoms with van der Waals surface area (Å²) >= 11 is 0. The van der Waals surface area contributed by atoms with Crippen LogP contribution in [0.5, 0.6) is 0 Å². The molecule has 1 aliphatic rings. The maximum absolute atomic E-state index is 11.1. The third kappa shape index (κ3) is 2.07. The summed E-state index contributed by atoms with van der Waals surface area (Å²) < 4.78 is 0. The zero-order valence-corrected chi connectivity index (χ0v) is 9.55. The first-order chi connectivity index (χ1) is 8.13. The van der Waals surface area contributed by atoms with Gasteiger partial charge >= 0.3 is 5.97 Å². The molecule has 1 aromatic heterocycles. The topological polar surface area (TPSA) is 77.2 Å². The zero-order chi connectivity index (χ0) is 12.4. The van der Waals surface area contributed by atoms with Gasteiger partial charge in [0.2, 0.25) is 0 Å². The number of nitrogens with zero attached hydrogens (tertiary/aromatic N) is 3. The quantitative estimate of drug-likeness (QED) is 0.830. The molecule has 0 amide bonds. The van der Waals surface area contributed by atoms with Crippen LogP contribution in [0, 0.1) is 18.3 Å². The first-order valence-electron chi connectivity index (χ1n) is 5.50. The lowest BCUT2D eigenvalue weighted by Gasteiger charge is -2.22. The minimum Gasteiger partial charge on any atom is -0.480 e. The smallest absolute Gasteiger partial charge is 0.326 e. The molecule has 1 fully saturated rings. The molecule has 0 saturated carbocycles. The van der Waals surface area contributed by atoms with E-state index in [1.54, 1.807) is 24.0 Å². The van der Waals surface area contributed by atoms with Crippen LogP contribution in [0.15, 0.2) is 12.1 Å². The van der Waals surface area contributed by atoms with E-state index in [9.17, 15) is 4.79 Å². The molecule has 1 N–H and O–H groups in total. The molecule has 1 aliphatic heterocycles. The molecule has 0 aromatic carbocycles. The number of aryl methyl sites for hydroxylation is 1. The summed E-state index contributed by atoms with van der Waals surface area (Å²) in [5, 5.41) is 17.9. The standard InChI is InChI=1S/C12H13N3O2/c1-8-9(7-13)4-5-11(14-8)15-6-2-3-10(15)12(16)17/h4-5,10H,2-3,6H2,1H3,(H,16,17)/t10-/m0/s1. The number of pyridine rings is 1. The molecule has 1 aromatic rings. The number of carboxylic acid groups (broad SMARTS) is 1. The molecule has 17 heavy (non-hydrogen) atoms. The molecule has 1 saturated heterocycles. The number of aliphatic carboxylic acids is 1. The van der Waals surface area contributed by atoms with Crippen LogP contribution in [0.1, 0.15) is 24.1 Å². The summed E-state index contributed by atoms with van der Waals surface area (Å²) in [4.78, 5) is 17.2. The second-order valence-electron chi connectivity index (χ2n) is 4.10. The van der Waals surface area contributed by atoms with Crippen molar-refractivity contribution in [1.82, 2.24) is 4.98 Å². The highest BCUT2D eigenvalue weighted by atomic mass is 16.4. The van der Waals surface area contributed by atoms with Gasteiger partial charge in [-0.2, -0.15) is 5.26 Å². The van der Waals surface area contributed by atoms with E-state index in [1.807, 2.05) is 6.07 Å². The second kappa shape index (κ2) is 4.42. The largest absolute Gasteiger partial charge is 0.480 e. The van der Waals surface area contributed by atoms with Gasteiger partial charge in [0.05, 0.1) is 11.3 Å². The molecule has 5 nitrogen and oxygen atoms in total. The van der Waals surface area contributed by atoms with E-state index in [-0.39, 0.29) is 0 Å². The van der Waals surface area contributed by atoms with Crippen LogP contribution in [-0.2, 0) is 4.79 Å². The van der Waals surface area contributed by atoms with Crippen LogP contribution in [-0.4, -0.2) is 28.6 Å². The Morgan fingerprint density at radius 3 is 3.00 bits per heavy atom. The van der Waals surface area contributed by atoms with E-state index in [0.717, 1.165) is 6.42 Å². The van der Waals surface area contributed by atoms with Gasteiger partial charge in [-0.05, 0) is 31.9 Å². The fraction of sp³-hybridized carbons (Fsp3) is 0.417. The Labute approximate surface area is 99.3 Å². The average Bonchev–Trinajstić information content (AvgIpc) is 2.77. The summed E-state index contributed by atoms with van der Waals surface area (Å²) in [5.41, 5.74) is 1.17. The molecule has 2 heterocycles. The lowest BCUT2D eigenvalue weighted by molar-refractivity contribution is -0.138. The van der Waals surface area contributed by atoms with Crippen LogP contribution >= 0.6 is 0 Å². The monoisotopic (exact) mass is 231 g/mol. The van der Waals surface area contributed by atoms with E-state index in [0.29, 0.717) is 30.0 Å². The zero-order valence-electron chi connectivity index (χ0n) is 9.55. The average molecular weight is 231 g/mol. The van der Waals surface area contributed by atoms with Crippen molar-refractivity contribution in [2.24, 2.45) is 0 Å². The van der Waals surface area contributed by atoms with Gasteiger partial charge in [0.15, 0.2) is 0 Å². The van der Waals surface area contributed by atoms with Gasteiger partial charge < -0.3 is 10.0 Å². The van der Waals surface area contributed by atoms with E-state index in [2.05, 4.69) is 4.98 Å². The molecular weight excluding hydrogens is 218 g/mol. The van der Waals surface area contributed by atoms with Crippen LogP contribution in [0.2, 0.25) is 0 Å². The molecule has 0 bridgehead atoms. The third-order valence-corrected chi connectivity index (χ3v) is 3.02. The summed E-state index contributed by atoms with van der Waals surface area (Å²) in [6.07, 6.45) is 1.51. The van der Waals surface area contributed by atoms with Gasteiger partial charge in [-0.1, -0.05) is 0 Å². The lowest BCUT2D eigenvalue weighted by Crippen LogP contribution is -2.36. The normalized spacial score (nSPS) is 19.1. The predicted octanol–water partition coefficient (Wildman–Crippen LogP) is 1.32. The number of hydrogen-bond acceptors (Lipinski definition) is 4. The van der Waals surface area contributed by atoms with Gasteiger partial charge in [0.1, 0.15) is 17.9 Å². The Morgan fingerprint density at radius 1 is 1.65 bits per heavy atom.